The summed E-state index contributed by atoms with van der Waals surface area (Å²) in [5.74, 6) is 1.28. The molecule has 2 fully saturated rings. The standard InChI is InChI=1S/C11H14N2O4.C11H16N2O2.C7H6BrNO3/c1-16-11-3-2-9(8-10(11)13(14)15)12-4-6-17-7-5-12;1-14-11-3-2-9(8-10(11)12)13-4-6-15-7-5-13;1-12-7-3-2-5(8)4-6(7)9(10)11/h2-3,8H,4-7H2,1H3;2-3,8H,4-7,12H2,1H3;2-4H,1H3. The topological polar surface area (TPSA) is 165 Å². The Kier molecular flexibility index (Phi) is 13.3. The normalized spacial score (nSPS) is 14.3. The van der Waals surface area contributed by atoms with Gasteiger partial charge in [0.05, 0.1) is 63.3 Å². The van der Waals surface area contributed by atoms with Crippen molar-refractivity contribution < 1.29 is 33.5 Å². The third-order valence-electron chi connectivity index (χ3n) is 6.66. The first-order valence-electron chi connectivity index (χ1n) is 13.6. The van der Waals surface area contributed by atoms with Gasteiger partial charge in [0, 0.05) is 54.2 Å². The van der Waals surface area contributed by atoms with Crippen LogP contribution < -0.4 is 29.7 Å². The minimum Gasteiger partial charge on any atom is -0.495 e. The van der Waals surface area contributed by atoms with E-state index in [1.54, 1.807) is 31.4 Å². The van der Waals surface area contributed by atoms with Crippen molar-refractivity contribution in [2.24, 2.45) is 0 Å². The van der Waals surface area contributed by atoms with Crippen molar-refractivity contribution >= 4 is 44.4 Å². The van der Waals surface area contributed by atoms with Crippen LogP contribution in [-0.2, 0) is 9.47 Å². The predicted molar refractivity (Wildman–Crippen MR) is 170 cm³/mol. The summed E-state index contributed by atoms with van der Waals surface area (Å²) >= 11 is 3.13. The summed E-state index contributed by atoms with van der Waals surface area (Å²) in [4.78, 5) is 24.8. The number of nitro groups is 2. The Labute approximate surface area is 263 Å². The van der Waals surface area contributed by atoms with Crippen LogP contribution in [0.4, 0.5) is 28.4 Å². The molecule has 0 radical (unpaired) electrons. The van der Waals surface area contributed by atoms with Crippen molar-refractivity contribution in [1.29, 1.82) is 0 Å². The first-order chi connectivity index (χ1) is 21.2. The lowest BCUT2D eigenvalue weighted by atomic mass is 10.2. The van der Waals surface area contributed by atoms with Crippen LogP contribution in [0.15, 0.2) is 59.1 Å². The van der Waals surface area contributed by atoms with Gasteiger partial charge in [-0.3, -0.25) is 20.2 Å². The molecule has 3 aromatic rings. The number of nitrogens with two attached hydrogens (primary N) is 1. The van der Waals surface area contributed by atoms with Crippen molar-refractivity contribution in [1.82, 2.24) is 0 Å². The summed E-state index contributed by atoms with van der Waals surface area (Å²) < 4.78 is 26.1. The average Bonchev–Trinajstić information content (AvgIpc) is 3.05. The van der Waals surface area contributed by atoms with Gasteiger partial charge < -0.3 is 39.2 Å². The summed E-state index contributed by atoms with van der Waals surface area (Å²) in [6.07, 6.45) is 0. The second-order valence-corrected chi connectivity index (χ2v) is 10.2. The van der Waals surface area contributed by atoms with E-state index in [9.17, 15) is 20.2 Å². The number of rotatable bonds is 7. The number of ether oxygens (including phenoxy) is 5. The van der Waals surface area contributed by atoms with Crippen LogP contribution >= 0.6 is 15.9 Å². The molecule has 0 atom stereocenters. The molecule has 2 aliphatic heterocycles. The molecule has 2 aliphatic rings. The number of benzene rings is 3. The van der Waals surface area contributed by atoms with Gasteiger partial charge in [0.2, 0.25) is 0 Å². The van der Waals surface area contributed by atoms with E-state index in [0.29, 0.717) is 23.4 Å². The minimum atomic E-state index is -0.483. The number of nitro benzene ring substituents is 2. The predicted octanol–water partition coefficient (Wildman–Crippen LogP) is 4.92. The number of morpholine rings is 2. The zero-order valence-electron chi connectivity index (χ0n) is 24.8. The number of hydrogen-bond acceptors (Lipinski definition) is 12. The molecule has 2 saturated heterocycles. The summed E-state index contributed by atoms with van der Waals surface area (Å²) in [5.41, 5.74) is 8.47. The van der Waals surface area contributed by atoms with Gasteiger partial charge in [-0.25, -0.2) is 0 Å². The highest BCUT2D eigenvalue weighted by molar-refractivity contribution is 9.10. The van der Waals surface area contributed by atoms with Gasteiger partial charge in [0.15, 0.2) is 11.5 Å². The van der Waals surface area contributed by atoms with Crippen molar-refractivity contribution in [3.8, 4) is 17.2 Å². The molecule has 0 saturated carbocycles. The molecular weight excluding hydrogens is 642 g/mol. The number of hydrogen-bond donors (Lipinski definition) is 1. The van der Waals surface area contributed by atoms with Crippen LogP contribution in [0.25, 0.3) is 0 Å². The molecule has 5 rings (SSSR count). The molecule has 15 heteroatoms. The lowest BCUT2D eigenvalue weighted by Crippen LogP contribution is -2.36. The highest BCUT2D eigenvalue weighted by Gasteiger charge is 2.19. The zero-order chi connectivity index (χ0) is 32.1. The summed E-state index contributed by atoms with van der Waals surface area (Å²) in [6.45, 7) is 6.22. The second kappa shape index (κ2) is 17.1. The molecule has 14 nitrogen and oxygen atoms in total. The van der Waals surface area contributed by atoms with Crippen LogP contribution in [0.3, 0.4) is 0 Å². The van der Waals surface area contributed by atoms with Crippen LogP contribution in [0, 0.1) is 20.2 Å². The van der Waals surface area contributed by atoms with Crippen molar-refractivity contribution in [2.75, 3.05) is 89.5 Å². The lowest BCUT2D eigenvalue weighted by Gasteiger charge is -2.29. The fourth-order valence-corrected chi connectivity index (χ4v) is 4.73. The van der Waals surface area contributed by atoms with E-state index in [0.717, 1.165) is 56.5 Å². The molecule has 44 heavy (non-hydrogen) atoms. The fraction of sp³-hybridized carbons (Fsp3) is 0.379. The molecule has 0 spiro atoms. The molecule has 0 aromatic heterocycles. The largest absolute Gasteiger partial charge is 0.495 e. The SMILES string of the molecule is COc1ccc(Br)cc1[N+](=O)[O-].COc1ccc(N2CCOCC2)cc1N.COc1ccc(N2CCOCC2)cc1[N+](=O)[O-]. The van der Waals surface area contributed by atoms with E-state index < -0.39 is 9.85 Å². The van der Waals surface area contributed by atoms with Crippen LogP contribution in [0.1, 0.15) is 0 Å². The first kappa shape index (κ1) is 34.2. The highest BCUT2D eigenvalue weighted by Crippen LogP contribution is 2.32. The molecular formula is C29H36BrN5O9. The Morgan fingerprint density at radius 2 is 1.09 bits per heavy atom. The third-order valence-corrected chi connectivity index (χ3v) is 7.16. The highest BCUT2D eigenvalue weighted by atomic mass is 79.9. The molecule has 0 unspecified atom stereocenters. The van der Waals surface area contributed by atoms with Crippen molar-refractivity contribution in [3.63, 3.8) is 0 Å². The molecule has 2 heterocycles. The van der Waals surface area contributed by atoms with E-state index in [1.807, 2.05) is 24.3 Å². The van der Waals surface area contributed by atoms with Gasteiger partial charge in [0.25, 0.3) is 0 Å². The molecule has 3 aromatic carbocycles. The van der Waals surface area contributed by atoms with Crippen LogP contribution in [0.5, 0.6) is 17.2 Å². The summed E-state index contributed by atoms with van der Waals surface area (Å²) in [7, 11) is 4.45. The van der Waals surface area contributed by atoms with Crippen molar-refractivity contribution in [2.45, 2.75) is 0 Å². The Morgan fingerprint density at radius 3 is 1.52 bits per heavy atom. The average molecular weight is 679 g/mol. The van der Waals surface area contributed by atoms with Crippen LogP contribution in [-0.4, -0.2) is 83.8 Å². The number of anilines is 3. The van der Waals surface area contributed by atoms with Gasteiger partial charge >= 0.3 is 11.4 Å². The van der Waals surface area contributed by atoms with E-state index in [4.69, 9.17) is 29.4 Å². The second-order valence-electron chi connectivity index (χ2n) is 9.31. The quantitative estimate of drug-likeness (QED) is 0.204. The number of halogens is 1. The molecule has 0 bridgehead atoms. The molecule has 238 valence electrons. The lowest BCUT2D eigenvalue weighted by molar-refractivity contribution is -0.385. The van der Waals surface area contributed by atoms with Gasteiger partial charge in [-0.2, -0.15) is 0 Å². The first-order valence-corrected chi connectivity index (χ1v) is 14.4. The van der Waals surface area contributed by atoms with Crippen LogP contribution in [0.2, 0.25) is 0 Å². The number of nitrogens with zero attached hydrogens (tertiary/aromatic N) is 4. The van der Waals surface area contributed by atoms with E-state index in [1.165, 1.54) is 20.3 Å². The Morgan fingerprint density at radius 1 is 0.682 bits per heavy atom. The number of methoxy groups -OCH3 is 3. The third kappa shape index (κ3) is 9.59. The van der Waals surface area contributed by atoms with Gasteiger partial charge in [-0.05, 0) is 42.5 Å². The number of nitrogen functional groups attached to an aromatic ring is 1. The van der Waals surface area contributed by atoms with Gasteiger partial charge in [-0.15, -0.1) is 0 Å². The van der Waals surface area contributed by atoms with Crippen molar-refractivity contribution in [3.05, 3.63) is 79.3 Å². The Bertz CT molecular complexity index is 1400. The monoisotopic (exact) mass is 677 g/mol. The summed E-state index contributed by atoms with van der Waals surface area (Å²) in [6, 6.07) is 15.5. The van der Waals surface area contributed by atoms with E-state index in [2.05, 4.69) is 25.7 Å². The maximum atomic E-state index is 10.9. The van der Waals surface area contributed by atoms with Gasteiger partial charge in [0.1, 0.15) is 5.75 Å². The smallest absolute Gasteiger partial charge is 0.312 e. The maximum absolute atomic E-state index is 10.9. The van der Waals surface area contributed by atoms with E-state index >= 15 is 0 Å². The Hall–Kier alpha value is -4.34. The zero-order valence-corrected chi connectivity index (χ0v) is 26.4. The van der Waals surface area contributed by atoms with E-state index in [-0.39, 0.29) is 22.9 Å². The Balaban J connectivity index is 0.000000183. The molecule has 2 N–H and O–H groups in total. The molecule has 0 aliphatic carbocycles. The maximum Gasteiger partial charge on any atom is 0.312 e. The summed E-state index contributed by atoms with van der Waals surface area (Å²) in [5, 5.41) is 21.3. The molecule has 0 amide bonds. The fourth-order valence-electron chi connectivity index (χ4n) is 4.39. The van der Waals surface area contributed by atoms with Gasteiger partial charge in [-0.1, -0.05) is 15.9 Å². The minimum absolute atomic E-state index is 0.00325.